The monoisotopic (exact) mass is 383 g/mol. The summed E-state index contributed by atoms with van der Waals surface area (Å²) in [4.78, 5) is 0. The van der Waals surface area contributed by atoms with Crippen LogP contribution in [0.5, 0.6) is 0 Å². The van der Waals surface area contributed by atoms with Crippen molar-refractivity contribution in [2.24, 2.45) is 7.05 Å². The lowest BCUT2D eigenvalue weighted by molar-refractivity contribution is 0.526. The summed E-state index contributed by atoms with van der Waals surface area (Å²) in [5.74, 6) is 0. The number of hydrogen-bond acceptors (Lipinski definition) is 2. The number of benzene rings is 1. The molecule has 0 saturated carbocycles. The Kier molecular flexibility index (Phi) is 5.60. The highest BCUT2D eigenvalue weighted by Gasteiger charge is 2.16. The topological polar surface area (TPSA) is 29.9 Å². The molecule has 20 heavy (non-hydrogen) atoms. The Hall–Kier alpha value is -0.880. The van der Waals surface area contributed by atoms with E-state index >= 15 is 0 Å². The summed E-state index contributed by atoms with van der Waals surface area (Å²) in [6.45, 7) is 5.37. The van der Waals surface area contributed by atoms with Crippen LogP contribution in [0.1, 0.15) is 36.2 Å². The van der Waals surface area contributed by atoms with Gasteiger partial charge in [0.25, 0.3) is 0 Å². The first-order chi connectivity index (χ1) is 9.61. The van der Waals surface area contributed by atoms with Gasteiger partial charge in [-0.1, -0.05) is 19.1 Å². The second-order valence-corrected chi connectivity index (χ2v) is 6.39. The summed E-state index contributed by atoms with van der Waals surface area (Å²) in [5, 5.41) is 8.02. The molecule has 0 amide bonds. The van der Waals surface area contributed by atoms with E-state index in [0.717, 1.165) is 19.4 Å². The average molecular weight is 383 g/mol. The van der Waals surface area contributed by atoms with Gasteiger partial charge in [0.1, 0.15) is 0 Å². The van der Waals surface area contributed by atoms with Crippen molar-refractivity contribution in [3.8, 4) is 0 Å². The summed E-state index contributed by atoms with van der Waals surface area (Å²) in [7, 11) is 2.00. The molecule has 0 bridgehead atoms. The van der Waals surface area contributed by atoms with Crippen molar-refractivity contribution in [1.29, 1.82) is 0 Å². The summed E-state index contributed by atoms with van der Waals surface area (Å²) in [5.41, 5.74) is 3.91. The van der Waals surface area contributed by atoms with Gasteiger partial charge in [-0.15, -0.1) is 0 Å². The molecule has 108 valence electrons. The molecule has 2 aromatic rings. The third-order valence-corrected chi connectivity index (χ3v) is 4.36. The Morgan fingerprint density at radius 2 is 2.00 bits per heavy atom. The van der Waals surface area contributed by atoms with Crippen molar-refractivity contribution in [3.63, 3.8) is 0 Å². The van der Waals surface area contributed by atoms with Crippen LogP contribution < -0.4 is 5.32 Å². The van der Waals surface area contributed by atoms with E-state index in [4.69, 9.17) is 0 Å². The number of nitrogens with zero attached hydrogens (tertiary/aromatic N) is 2. The maximum atomic E-state index is 4.38. The number of hydrogen-bond donors (Lipinski definition) is 1. The zero-order valence-corrected chi connectivity index (χ0v) is 14.5. The predicted molar refractivity (Wildman–Crippen MR) is 91.8 cm³/mol. The van der Waals surface area contributed by atoms with Crippen molar-refractivity contribution < 1.29 is 0 Å². The van der Waals surface area contributed by atoms with Gasteiger partial charge >= 0.3 is 0 Å². The van der Waals surface area contributed by atoms with E-state index in [1.165, 1.54) is 20.4 Å². The molecule has 0 aliphatic heterocycles. The van der Waals surface area contributed by atoms with Crippen molar-refractivity contribution in [1.82, 2.24) is 15.1 Å². The normalized spacial score (nSPS) is 12.6. The number of halogens is 1. The van der Waals surface area contributed by atoms with Gasteiger partial charge in [-0.3, -0.25) is 4.68 Å². The van der Waals surface area contributed by atoms with Crippen LogP contribution in [0.4, 0.5) is 0 Å². The van der Waals surface area contributed by atoms with E-state index < -0.39 is 0 Å². The number of aryl methyl sites for hydroxylation is 1. The zero-order chi connectivity index (χ0) is 14.5. The SMILES string of the molecule is CCCNC(Cc1ccc(I)cc1)c1cnn(C)c1C. The Balaban J connectivity index is 2.19. The van der Waals surface area contributed by atoms with Gasteiger partial charge in [0.15, 0.2) is 0 Å². The summed E-state index contributed by atoms with van der Waals surface area (Å²) in [6.07, 6.45) is 4.14. The molecule has 1 heterocycles. The van der Waals surface area contributed by atoms with Gasteiger partial charge < -0.3 is 5.32 Å². The lowest BCUT2D eigenvalue weighted by atomic mass is 9.99. The van der Waals surface area contributed by atoms with Crippen LogP contribution in [0.25, 0.3) is 0 Å². The van der Waals surface area contributed by atoms with Crippen LogP contribution in [0, 0.1) is 10.5 Å². The molecule has 0 fully saturated rings. The van der Waals surface area contributed by atoms with Crippen LogP contribution in [0.15, 0.2) is 30.5 Å². The minimum atomic E-state index is 0.337. The van der Waals surface area contributed by atoms with Gasteiger partial charge in [-0.2, -0.15) is 5.10 Å². The quantitative estimate of drug-likeness (QED) is 0.773. The number of rotatable bonds is 6. The third kappa shape index (κ3) is 3.82. The average Bonchev–Trinajstić information content (AvgIpc) is 2.77. The fraction of sp³-hybridized carbons (Fsp3) is 0.438. The molecule has 0 aliphatic rings. The van der Waals surface area contributed by atoms with Crippen LogP contribution >= 0.6 is 22.6 Å². The first kappa shape index (κ1) is 15.5. The first-order valence-corrected chi connectivity index (χ1v) is 8.16. The Bertz CT molecular complexity index is 545. The summed E-state index contributed by atoms with van der Waals surface area (Å²) < 4.78 is 3.23. The van der Waals surface area contributed by atoms with Crippen LogP contribution in [-0.2, 0) is 13.5 Å². The molecule has 0 spiro atoms. The molecule has 0 aliphatic carbocycles. The van der Waals surface area contributed by atoms with E-state index in [0.29, 0.717) is 6.04 Å². The molecule has 1 N–H and O–H groups in total. The lowest BCUT2D eigenvalue weighted by Crippen LogP contribution is -2.24. The van der Waals surface area contributed by atoms with Crippen molar-refractivity contribution in [2.75, 3.05) is 6.54 Å². The summed E-state index contributed by atoms with van der Waals surface area (Å²) >= 11 is 2.34. The van der Waals surface area contributed by atoms with E-state index in [1.807, 2.05) is 17.9 Å². The fourth-order valence-electron chi connectivity index (χ4n) is 2.32. The van der Waals surface area contributed by atoms with E-state index in [2.05, 4.69) is 71.1 Å². The molecule has 3 nitrogen and oxygen atoms in total. The fourth-order valence-corrected chi connectivity index (χ4v) is 2.68. The molecule has 0 radical (unpaired) electrons. The first-order valence-electron chi connectivity index (χ1n) is 7.08. The Morgan fingerprint density at radius 1 is 1.30 bits per heavy atom. The Morgan fingerprint density at radius 3 is 2.55 bits per heavy atom. The van der Waals surface area contributed by atoms with E-state index in [1.54, 1.807) is 0 Å². The van der Waals surface area contributed by atoms with Crippen LogP contribution in [0.3, 0.4) is 0 Å². The van der Waals surface area contributed by atoms with E-state index in [9.17, 15) is 0 Å². The van der Waals surface area contributed by atoms with Crippen LogP contribution in [-0.4, -0.2) is 16.3 Å². The van der Waals surface area contributed by atoms with E-state index in [-0.39, 0.29) is 0 Å². The highest BCUT2D eigenvalue weighted by atomic mass is 127. The molecule has 2 rings (SSSR count). The third-order valence-electron chi connectivity index (χ3n) is 3.64. The van der Waals surface area contributed by atoms with Gasteiger partial charge in [-0.05, 0) is 66.6 Å². The minimum Gasteiger partial charge on any atom is -0.310 e. The standard InChI is InChI=1S/C16H22IN3/c1-4-9-18-16(15-11-19-20(3)12(15)2)10-13-5-7-14(17)8-6-13/h5-8,11,16,18H,4,9-10H2,1-3H3. The number of aromatic nitrogens is 2. The van der Waals surface area contributed by atoms with Gasteiger partial charge in [0.05, 0.1) is 6.20 Å². The molecular weight excluding hydrogens is 361 g/mol. The zero-order valence-electron chi connectivity index (χ0n) is 12.4. The maximum Gasteiger partial charge on any atom is 0.0540 e. The molecule has 1 aromatic heterocycles. The molecule has 1 atom stereocenters. The number of nitrogens with one attached hydrogen (secondary N) is 1. The molecule has 1 unspecified atom stereocenters. The van der Waals surface area contributed by atoms with Gasteiger partial charge in [0, 0.05) is 27.9 Å². The highest BCUT2D eigenvalue weighted by molar-refractivity contribution is 14.1. The van der Waals surface area contributed by atoms with Crippen LogP contribution in [0.2, 0.25) is 0 Å². The highest BCUT2D eigenvalue weighted by Crippen LogP contribution is 2.22. The van der Waals surface area contributed by atoms with Crippen molar-refractivity contribution in [2.45, 2.75) is 32.7 Å². The second kappa shape index (κ2) is 7.22. The smallest absolute Gasteiger partial charge is 0.0540 e. The Labute approximate surface area is 134 Å². The maximum absolute atomic E-state index is 4.38. The lowest BCUT2D eigenvalue weighted by Gasteiger charge is -2.18. The predicted octanol–water partition coefficient (Wildman–Crippen LogP) is 3.62. The molecular formula is C16H22IN3. The molecule has 4 heteroatoms. The second-order valence-electron chi connectivity index (χ2n) is 5.15. The minimum absolute atomic E-state index is 0.337. The van der Waals surface area contributed by atoms with Gasteiger partial charge in [0.2, 0.25) is 0 Å². The van der Waals surface area contributed by atoms with Crippen molar-refractivity contribution >= 4 is 22.6 Å². The van der Waals surface area contributed by atoms with Gasteiger partial charge in [-0.25, -0.2) is 0 Å². The largest absolute Gasteiger partial charge is 0.310 e. The molecule has 0 saturated heterocycles. The summed E-state index contributed by atoms with van der Waals surface area (Å²) in [6, 6.07) is 9.11. The van der Waals surface area contributed by atoms with Crippen molar-refractivity contribution in [3.05, 3.63) is 50.9 Å². The molecule has 1 aromatic carbocycles.